The Kier molecular flexibility index (Phi) is 3.43. The number of hydrogen-bond donors (Lipinski definition) is 1. The lowest BCUT2D eigenvalue weighted by Gasteiger charge is -2.33. The third-order valence-corrected chi connectivity index (χ3v) is 3.70. The molecule has 1 aliphatic rings. The van der Waals surface area contributed by atoms with Crippen molar-refractivity contribution in [3.8, 4) is 0 Å². The molecule has 0 aliphatic carbocycles. The summed E-state index contributed by atoms with van der Waals surface area (Å²) in [7, 11) is 0. The molecule has 4 heteroatoms. The van der Waals surface area contributed by atoms with Crippen molar-refractivity contribution in [3.05, 3.63) is 30.1 Å². The van der Waals surface area contributed by atoms with Gasteiger partial charge in [0.15, 0.2) is 0 Å². The van der Waals surface area contributed by atoms with E-state index >= 15 is 0 Å². The number of aromatic nitrogens is 1. The van der Waals surface area contributed by atoms with Gasteiger partial charge in [-0.2, -0.15) is 0 Å². The number of nitrogens with zero attached hydrogens (tertiary/aromatic N) is 2. The fraction of sp³-hybridized carbons (Fsp3) is 0.538. The van der Waals surface area contributed by atoms with E-state index in [0.717, 1.165) is 24.9 Å². The lowest BCUT2D eigenvalue weighted by atomic mass is 9.93. The van der Waals surface area contributed by atoms with Gasteiger partial charge in [-0.3, -0.25) is 14.7 Å². The van der Waals surface area contributed by atoms with Crippen LogP contribution in [0.3, 0.4) is 0 Å². The SMILES string of the molecule is CCC1(C(=O)O)CCCN1Cc1cccnc1. The highest BCUT2D eigenvalue weighted by Crippen LogP contribution is 2.33. The smallest absolute Gasteiger partial charge is 0.324 e. The van der Waals surface area contributed by atoms with Crippen molar-refractivity contribution in [2.45, 2.75) is 38.3 Å². The Balaban J connectivity index is 2.17. The van der Waals surface area contributed by atoms with Crippen molar-refractivity contribution >= 4 is 5.97 Å². The van der Waals surface area contributed by atoms with Crippen LogP contribution in [0.1, 0.15) is 31.7 Å². The van der Waals surface area contributed by atoms with Crippen molar-refractivity contribution in [1.29, 1.82) is 0 Å². The lowest BCUT2D eigenvalue weighted by Crippen LogP contribution is -2.49. The maximum atomic E-state index is 11.5. The molecule has 0 radical (unpaired) electrons. The van der Waals surface area contributed by atoms with E-state index in [-0.39, 0.29) is 0 Å². The number of carboxylic acids is 1. The van der Waals surface area contributed by atoms with Gasteiger partial charge in [0.25, 0.3) is 0 Å². The molecule has 1 atom stereocenters. The number of carbonyl (C=O) groups is 1. The zero-order valence-electron chi connectivity index (χ0n) is 10.1. The van der Waals surface area contributed by atoms with E-state index in [9.17, 15) is 9.90 Å². The van der Waals surface area contributed by atoms with E-state index in [1.54, 1.807) is 12.4 Å². The molecule has 2 heterocycles. The number of aliphatic carboxylic acids is 1. The summed E-state index contributed by atoms with van der Waals surface area (Å²) in [6.07, 6.45) is 5.90. The molecule has 0 amide bonds. The summed E-state index contributed by atoms with van der Waals surface area (Å²) in [4.78, 5) is 17.6. The number of carboxylic acid groups (broad SMARTS) is 1. The topological polar surface area (TPSA) is 53.4 Å². The van der Waals surface area contributed by atoms with E-state index in [2.05, 4.69) is 9.88 Å². The maximum Gasteiger partial charge on any atom is 0.324 e. The standard InChI is InChI=1S/C13H18N2O2/c1-2-13(12(16)17)6-4-8-15(13)10-11-5-3-7-14-9-11/h3,5,7,9H,2,4,6,8,10H2,1H3,(H,16,17). The van der Waals surface area contributed by atoms with Gasteiger partial charge in [-0.1, -0.05) is 13.0 Å². The third kappa shape index (κ3) is 2.17. The van der Waals surface area contributed by atoms with Gasteiger partial charge < -0.3 is 5.11 Å². The van der Waals surface area contributed by atoms with Gasteiger partial charge in [-0.05, 0) is 37.4 Å². The number of pyridine rings is 1. The molecule has 1 aromatic rings. The zero-order valence-corrected chi connectivity index (χ0v) is 10.1. The minimum Gasteiger partial charge on any atom is -0.480 e. The minimum absolute atomic E-state index is 0.655. The van der Waals surface area contributed by atoms with Crippen molar-refractivity contribution in [2.24, 2.45) is 0 Å². The molecule has 0 spiro atoms. The Morgan fingerprint density at radius 1 is 1.65 bits per heavy atom. The zero-order chi connectivity index (χ0) is 12.3. The second kappa shape index (κ2) is 4.84. The Bertz CT molecular complexity index is 394. The summed E-state index contributed by atoms with van der Waals surface area (Å²) < 4.78 is 0. The van der Waals surface area contributed by atoms with Crippen LogP contribution in [0.25, 0.3) is 0 Å². The van der Waals surface area contributed by atoms with Gasteiger partial charge >= 0.3 is 5.97 Å². The van der Waals surface area contributed by atoms with Crippen LogP contribution in [0.4, 0.5) is 0 Å². The fourth-order valence-electron chi connectivity index (χ4n) is 2.67. The molecule has 92 valence electrons. The van der Waals surface area contributed by atoms with E-state index in [4.69, 9.17) is 0 Å². The normalized spacial score (nSPS) is 25.0. The van der Waals surface area contributed by atoms with Crippen molar-refractivity contribution in [2.75, 3.05) is 6.54 Å². The predicted octanol–water partition coefficient (Wildman–Crippen LogP) is 1.91. The van der Waals surface area contributed by atoms with Gasteiger partial charge in [0, 0.05) is 18.9 Å². The van der Waals surface area contributed by atoms with E-state index in [1.165, 1.54) is 0 Å². The highest BCUT2D eigenvalue weighted by atomic mass is 16.4. The third-order valence-electron chi connectivity index (χ3n) is 3.70. The fourth-order valence-corrected chi connectivity index (χ4v) is 2.67. The Labute approximate surface area is 101 Å². The molecule has 1 N–H and O–H groups in total. The van der Waals surface area contributed by atoms with E-state index in [1.807, 2.05) is 19.1 Å². The summed E-state index contributed by atoms with van der Waals surface area (Å²) >= 11 is 0. The molecule has 2 rings (SSSR count). The molecule has 1 aromatic heterocycles. The summed E-state index contributed by atoms with van der Waals surface area (Å²) in [5.41, 5.74) is 0.406. The molecule has 1 unspecified atom stereocenters. The summed E-state index contributed by atoms with van der Waals surface area (Å²) in [5.74, 6) is -0.693. The average molecular weight is 234 g/mol. The molecule has 0 aromatic carbocycles. The van der Waals surface area contributed by atoms with Crippen LogP contribution in [0, 0.1) is 0 Å². The number of rotatable bonds is 4. The summed E-state index contributed by atoms with van der Waals surface area (Å²) in [6.45, 7) is 3.48. The number of hydrogen-bond acceptors (Lipinski definition) is 3. The molecule has 0 saturated carbocycles. The first-order valence-electron chi connectivity index (χ1n) is 6.06. The van der Waals surface area contributed by atoms with E-state index < -0.39 is 11.5 Å². The summed E-state index contributed by atoms with van der Waals surface area (Å²) in [6, 6.07) is 3.88. The summed E-state index contributed by atoms with van der Waals surface area (Å²) in [5, 5.41) is 9.45. The predicted molar refractivity (Wildman–Crippen MR) is 64.5 cm³/mol. The minimum atomic E-state index is -0.693. The highest BCUT2D eigenvalue weighted by Gasteiger charge is 2.45. The van der Waals surface area contributed by atoms with Crippen LogP contribution < -0.4 is 0 Å². The first-order valence-corrected chi connectivity index (χ1v) is 6.06. The molecule has 1 aliphatic heterocycles. The first kappa shape index (κ1) is 12.0. The van der Waals surface area contributed by atoms with Gasteiger partial charge in [-0.15, -0.1) is 0 Å². The van der Waals surface area contributed by atoms with Crippen molar-refractivity contribution in [3.63, 3.8) is 0 Å². The van der Waals surface area contributed by atoms with Crippen LogP contribution in [-0.4, -0.2) is 33.0 Å². The van der Waals surface area contributed by atoms with Crippen molar-refractivity contribution in [1.82, 2.24) is 9.88 Å². The van der Waals surface area contributed by atoms with Crippen molar-refractivity contribution < 1.29 is 9.90 Å². The lowest BCUT2D eigenvalue weighted by molar-refractivity contribution is -0.150. The van der Waals surface area contributed by atoms with Gasteiger partial charge in [-0.25, -0.2) is 0 Å². The van der Waals surface area contributed by atoms with Crippen LogP contribution >= 0.6 is 0 Å². The van der Waals surface area contributed by atoms with Crippen LogP contribution in [0.2, 0.25) is 0 Å². The van der Waals surface area contributed by atoms with Crippen LogP contribution in [-0.2, 0) is 11.3 Å². The van der Waals surface area contributed by atoms with Crippen LogP contribution in [0.15, 0.2) is 24.5 Å². The Morgan fingerprint density at radius 3 is 3.06 bits per heavy atom. The molecule has 4 nitrogen and oxygen atoms in total. The molecular formula is C13H18N2O2. The molecule has 1 saturated heterocycles. The monoisotopic (exact) mass is 234 g/mol. The first-order chi connectivity index (χ1) is 8.19. The largest absolute Gasteiger partial charge is 0.480 e. The second-order valence-corrected chi connectivity index (χ2v) is 4.58. The van der Waals surface area contributed by atoms with E-state index in [0.29, 0.717) is 13.0 Å². The number of likely N-dealkylation sites (tertiary alicyclic amines) is 1. The van der Waals surface area contributed by atoms with Crippen LogP contribution in [0.5, 0.6) is 0 Å². The molecule has 0 bridgehead atoms. The Hall–Kier alpha value is -1.42. The average Bonchev–Trinajstić information content (AvgIpc) is 2.74. The Morgan fingerprint density at radius 2 is 2.47 bits per heavy atom. The van der Waals surface area contributed by atoms with Gasteiger partial charge in [0.2, 0.25) is 0 Å². The highest BCUT2D eigenvalue weighted by molar-refractivity contribution is 5.79. The second-order valence-electron chi connectivity index (χ2n) is 4.58. The molecule has 1 fully saturated rings. The van der Waals surface area contributed by atoms with Gasteiger partial charge in [0.1, 0.15) is 5.54 Å². The molecule has 17 heavy (non-hydrogen) atoms. The maximum absolute atomic E-state index is 11.5. The van der Waals surface area contributed by atoms with Gasteiger partial charge in [0.05, 0.1) is 0 Å². The molecular weight excluding hydrogens is 216 g/mol. The quantitative estimate of drug-likeness (QED) is 0.864.